The van der Waals surface area contributed by atoms with Gasteiger partial charge in [0.1, 0.15) is 11.4 Å². The van der Waals surface area contributed by atoms with Gasteiger partial charge in [-0.25, -0.2) is 9.18 Å². The molecule has 2 amide bonds. The molecule has 8 heteroatoms. The minimum absolute atomic E-state index is 0.0140. The summed E-state index contributed by atoms with van der Waals surface area (Å²) in [7, 11) is 0. The zero-order chi connectivity index (χ0) is 20.4. The molecular weight excluding hydrogens is 375 g/mol. The number of carbonyl (C=O) groups is 2. The summed E-state index contributed by atoms with van der Waals surface area (Å²) in [6.45, 7) is 9.29. The number of amides is 2. The third-order valence-corrected chi connectivity index (χ3v) is 4.36. The Morgan fingerprint density at radius 3 is 2.59 bits per heavy atom. The highest BCUT2D eigenvalue weighted by atomic mass is 35.5. The maximum Gasteiger partial charge on any atom is 0.410 e. The highest BCUT2D eigenvalue weighted by Crippen LogP contribution is 2.28. The molecule has 2 rings (SSSR count). The number of ether oxygens (including phenoxy) is 2. The highest BCUT2D eigenvalue weighted by molar-refractivity contribution is 6.30. The maximum atomic E-state index is 14.3. The minimum atomic E-state index is -1.01. The fourth-order valence-corrected chi connectivity index (χ4v) is 2.92. The van der Waals surface area contributed by atoms with Crippen molar-refractivity contribution in [3.8, 4) is 0 Å². The molecule has 0 bridgehead atoms. The Kier molecular flexibility index (Phi) is 6.37. The molecule has 1 fully saturated rings. The molecule has 0 aliphatic carbocycles. The Morgan fingerprint density at radius 1 is 1.30 bits per heavy atom. The fraction of sp³-hybridized carbons (Fsp3) is 0.579. The monoisotopic (exact) mass is 400 g/mol. The second-order valence-electron chi connectivity index (χ2n) is 8.00. The van der Waals surface area contributed by atoms with Crippen LogP contribution >= 0.6 is 11.6 Å². The predicted octanol–water partition coefficient (Wildman–Crippen LogP) is 3.47. The average Bonchev–Trinajstić information content (AvgIpc) is 2.55. The standard InChI is InChI=1S/C19H26ClFN2O4/c1-18(2,3)27-17(25)23-9-10-26-14(11-23)16(24)22-19(4,5)12-7-6-8-13(20)15(12)21/h6-8,14H,9-11H2,1-5H3,(H,22,24)/t14-/m0/s1. The molecule has 0 aromatic heterocycles. The lowest BCUT2D eigenvalue weighted by Crippen LogP contribution is -2.55. The van der Waals surface area contributed by atoms with E-state index in [4.69, 9.17) is 21.1 Å². The van der Waals surface area contributed by atoms with Gasteiger partial charge in [0.25, 0.3) is 5.91 Å². The third kappa shape index (κ3) is 5.56. The lowest BCUT2D eigenvalue weighted by atomic mass is 9.93. The molecule has 1 aromatic carbocycles. The predicted molar refractivity (Wildman–Crippen MR) is 100 cm³/mol. The van der Waals surface area contributed by atoms with E-state index in [-0.39, 0.29) is 23.7 Å². The zero-order valence-corrected chi connectivity index (χ0v) is 17.0. The molecule has 27 heavy (non-hydrogen) atoms. The van der Waals surface area contributed by atoms with Crippen LogP contribution in [0.5, 0.6) is 0 Å². The van der Waals surface area contributed by atoms with Crippen molar-refractivity contribution < 1.29 is 23.5 Å². The molecule has 0 unspecified atom stereocenters. The lowest BCUT2D eigenvalue weighted by molar-refractivity contribution is -0.139. The van der Waals surface area contributed by atoms with Crippen molar-refractivity contribution in [1.82, 2.24) is 10.2 Å². The third-order valence-electron chi connectivity index (χ3n) is 4.07. The largest absolute Gasteiger partial charge is 0.444 e. The second kappa shape index (κ2) is 8.02. The van der Waals surface area contributed by atoms with Crippen molar-refractivity contribution in [2.75, 3.05) is 19.7 Å². The normalized spacial score (nSPS) is 18.2. The van der Waals surface area contributed by atoms with Crippen molar-refractivity contribution in [1.29, 1.82) is 0 Å². The second-order valence-corrected chi connectivity index (χ2v) is 8.41. The Balaban J connectivity index is 2.06. The first kappa shape index (κ1) is 21.4. The number of benzene rings is 1. The van der Waals surface area contributed by atoms with Crippen LogP contribution in [0.4, 0.5) is 9.18 Å². The van der Waals surface area contributed by atoms with Gasteiger partial charge in [-0.2, -0.15) is 0 Å². The molecule has 1 aliphatic heterocycles. The van der Waals surface area contributed by atoms with Crippen molar-refractivity contribution >= 4 is 23.6 Å². The molecule has 0 saturated carbocycles. The molecule has 0 spiro atoms. The van der Waals surface area contributed by atoms with Gasteiger partial charge in [0, 0.05) is 12.1 Å². The van der Waals surface area contributed by atoms with Gasteiger partial charge < -0.3 is 19.7 Å². The van der Waals surface area contributed by atoms with E-state index >= 15 is 0 Å². The Bertz CT molecular complexity index is 718. The first-order valence-electron chi connectivity index (χ1n) is 8.77. The maximum absolute atomic E-state index is 14.3. The van der Waals surface area contributed by atoms with E-state index in [9.17, 15) is 14.0 Å². The molecular formula is C19H26ClFN2O4. The van der Waals surface area contributed by atoms with Crippen LogP contribution in [-0.4, -0.2) is 48.3 Å². The molecule has 1 aliphatic rings. The Labute approximate surface area is 163 Å². The quantitative estimate of drug-likeness (QED) is 0.843. The fourth-order valence-electron chi connectivity index (χ4n) is 2.74. The van der Waals surface area contributed by atoms with Gasteiger partial charge in [-0.05, 0) is 40.7 Å². The van der Waals surface area contributed by atoms with Gasteiger partial charge in [-0.1, -0.05) is 23.7 Å². The van der Waals surface area contributed by atoms with Crippen LogP contribution in [-0.2, 0) is 19.8 Å². The van der Waals surface area contributed by atoms with Crippen molar-refractivity contribution in [2.24, 2.45) is 0 Å². The van der Waals surface area contributed by atoms with Gasteiger partial charge in [0.05, 0.1) is 23.7 Å². The van der Waals surface area contributed by atoms with Crippen molar-refractivity contribution in [3.05, 3.63) is 34.6 Å². The number of hydrogen-bond donors (Lipinski definition) is 1. The van der Waals surface area contributed by atoms with Crippen LogP contribution in [0.15, 0.2) is 18.2 Å². The zero-order valence-electron chi connectivity index (χ0n) is 16.3. The molecule has 1 heterocycles. The molecule has 150 valence electrons. The molecule has 1 aromatic rings. The van der Waals surface area contributed by atoms with Crippen LogP contribution in [0.2, 0.25) is 5.02 Å². The number of nitrogens with one attached hydrogen (secondary N) is 1. The number of halogens is 2. The summed E-state index contributed by atoms with van der Waals surface area (Å²) in [4.78, 5) is 26.3. The molecule has 1 atom stereocenters. The van der Waals surface area contributed by atoms with Crippen molar-refractivity contribution in [3.63, 3.8) is 0 Å². The van der Waals surface area contributed by atoms with E-state index in [1.54, 1.807) is 46.8 Å². The number of carbonyl (C=O) groups excluding carboxylic acids is 2. The summed E-state index contributed by atoms with van der Waals surface area (Å²) >= 11 is 5.84. The van der Waals surface area contributed by atoms with Gasteiger partial charge in [0.2, 0.25) is 0 Å². The summed E-state index contributed by atoms with van der Waals surface area (Å²) < 4.78 is 25.2. The summed E-state index contributed by atoms with van der Waals surface area (Å²) in [6.07, 6.45) is -1.36. The Hall–Kier alpha value is -1.86. The first-order chi connectivity index (χ1) is 12.4. The van der Waals surface area contributed by atoms with Crippen molar-refractivity contribution in [2.45, 2.75) is 51.9 Å². The van der Waals surface area contributed by atoms with E-state index in [0.717, 1.165) is 0 Å². The number of hydrogen-bond acceptors (Lipinski definition) is 4. The van der Waals surface area contributed by atoms with Crippen LogP contribution in [0.3, 0.4) is 0 Å². The summed E-state index contributed by atoms with van der Waals surface area (Å²) in [5.74, 6) is -1.02. The summed E-state index contributed by atoms with van der Waals surface area (Å²) in [6, 6.07) is 4.63. The molecule has 0 radical (unpaired) electrons. The lowest BCUT2D eigenvalue weighted by Gasteiger charge is -2.35. The summed E-state index contributed by atoms with van der Waals surface area (Å²) in [5.41, 5.74) is -1.37. The van der Waals surface area contributed by atoms with E-state index in [1.165, 1.54) is 11.0 Å². The SMILES string of the molecule is CC(C)(C)OC(=O)N1CCO[C@H](C(=O)NC(C)(C)c2cccc(Cl)c2F)C1. The van der Waals surface area contributed by atoms with E-state index in [2.05, 4.69) is 5.32 Å². The van der Waals surface area contributed by atoms with Gasteiger partial charge in [-0.15, -0.1) is 0 Å². The van der Waals surface area contributed by atoms with Crippen LogP contribution in [0.25, 0.3) is 0 Å². The summed E-state index contributed by atoms with van der Waals surface area (Å²) in [5, 5.41) is 2.76. The Morgan fingerprint density at radius 2 is 1.96 bits per heavy atom. The smallest absolute Gasteiger partial charge is 0.410 e. The van der Waals surface area contributed by atoms with E-state index in [0.29, 0.717) is 6.54 Å². The van der Waals surface area contributed by atoms with Crippen LogP contribution in [0, 0.1) is 5.82 Å². The molecule has 6 nitrogen and oxygen atoms in total. The minimum Gasteiger partial charge on any atom is -0.444 e. The number of morpholine rings is 1. The first-order valence-corrected chi connectivity index (χ1v) is 9.14. The molecule has 1 N–H and O–H groups in total. The van der Waals surface area contributed by atoms with Gasteiger partial charge in [0.15, 0.2) is 6.10 Å². The number of nitrogens with zero attached hydrogens (tertiary/aromatic N) is 1. The topological polar surface area (TPSA) is 67.9 Å². The molecule has 1 saturated heterocycles. The van der Waals surface area contributed by atoms with E-state index < -0.39 is 35.1 Å². The highest BCUT2D eigenvalue weighted by Gasteiger charge is 2.35. The van der Waals surface area contributed by atoms with Crippen LogP contribution in [0.1, 0.15) is 40.2 Å². The van der Waals surface area contributed by atoms with Gasteiger partial charge >= 0.3 is 6.09 Å². The van der Waals surface area contributed by atoms with E-state index in [1.807, 2.05) is 0 Å². The average molecular weight is 401 g/mol. The van der Waals surface area contributed by atoms with Crippen LogP contribution < -0.4 is 5.32 Å². The number of rotatable bonds is 3. The van der Waals surface area contributed by atoms with Gasteiger partial charge in [-0.3, -0.25) is 4.79 Å².